The molecule has 160 valence electrons. The van der Waals surface area contributed by atoms with Gasteiger partial charge in [0.25, 0.3) is 0 Å². The zero-order valence-corrected chi connectivity index (χ0v) is 20.5. The summed E-state index contributed by atoms with van der Waals surface area (Å²) in [5.41, 5.74) is 1.05. The molecule has 0 bridgehead atoms. The fourth-order valence-corrected chi connectivity index (χ4v) is 4.22. The molecule has 1 heterocycles. The highest BCUT2D eigenvalue weighted by Crippen LogP contribution is 2.22. The summed E-state index contributed by atoms with van der Waals surface area (Å²) < 4.78 is 29.8. The van der Waals surface area contributed by atoms with Gasteiger partial charge in [0.2, 0.25) is 10.0 Å². The fourth-order valence-electron chi connectivity index (χ4n) is 3.08. The predicted octanol–water partition coefficient (Wildman–Crippen LogP) is 2.35. The minimum Gasteiger partial charge on any atom is -0.497 e. The van der Waals surface area contributed by atoms with Crippen LogP contribution in [0.3, 0.4) is 0 Å². The van der Waals surface area contributed by atoms with Crippen molar-refractivity contribution in [3.63, 3.8) is 0 Å². The molecule has 2 rings (SSSR count). The van der Waals surface area contributed by atoms with E-state index in [4.69, 9.17) is 16.3 Å². The average molecular weight is 545 g/mol. The van der Waals surface area contributed by atoms with Crippen LogP contribution in [0.25, 0.3) is 0 Å². The largest absolute Gasteiger partial charge is 0.497 e. The van der Waals surface area contributed by atoms with Crippen molar-refractivity contribution >= 4 is 51.6 Å². The molecule has 28 heavy (non-hydrogen) atoms. The van der Waals surface area contributed by atoms with Gasteiger partial charge in [-0.25, -0.2) is 12.7 Å². The Labute approximate surface area is 190 Å². The number of hydrogen-bond donors (Lipinski definition) is 2. The van der Waals surface area contributed by atoms with Crippen molar-refractivity contribution in [2.24, 2.45) is 10.9 Å². The lowest BCUT2D eigenvalue weighted by atomic mass is 9.98. The molecule has 7 nitrogen and oxygen atoms in total. The van der Waals surface area contributed by atoms with Crippen LogP contribution in [-0.2, 0) is 16.4 Å². The van der Waals surface area contributed by atoms with Crippen molar-refractivity contribution in [3.8, 4) is 5.75 Å². The second kappa shape index (κ2) is 12.0. The minimum atomic E-state index is -3.07. The van der Waals surface area contributed by atoms with Crippen LogP contribution < -0.4 is 15.4 Å². The van der Waals surface area contributed by atoms with E-state index in [0.29, 0.717) is 30.6 Å². The molecule has 0 radical (unpaired) electrons. The molecule has 1 aliphatic heterocycles. The Morgan fingerprint density at radius 2 is 2.00 bits per heavy atom. The number of guanidine groups is 1. The summed E-state index contributed by atoms with van der Waals surface area (Å²) in [6, 6.07) is 5.68. The second-order valence-corrected chi connectivity index (χ2v) is 9.08. The van der Waals surface area contributed by atoms with Gasteiger partial charge in [-0.3, -0.25) is 4.99 Å². The zero-order valence-electron chi connectivity index (χ0n) is 16.6. The highest BCUT2D eigenvalue weighted by atomic mass is 127. The summed E-state index contributed by atoms with van der Waals surface area (Å²) in [6.45, 7) is 2.67. The van der Waals surface area contributed by atoms with Crippen molar-refractivity contribution in [2.75, 3.05) is 46.6 Å². The van der Waals surface area contributed by atoms with Gasteiger partial charge in [0, 0.05) is 38.2 Å². The Kier molecular flexibility index (Phi) is 10.9. The Balaban J connectivity index is 0.00000392. The Morgan fingerprint density at radius 3 is 2.54 bits per heavy atom. The molecule has 1 aliphatic rings. The molecule has 0 saturated carbocycles. The fraction of sp³-hybridized carbons (Fsp3) is 0.611. The Morgan fingerprint density at radius 1 is 1.32 bits per heavy atom. The van der Waals surface area contributed by atoms with Crippen LogP contribution in [0, 0.1) is 5.92 Å². The van der Waals surface area contributed by atoms with Gasteiger partial charge in [-0.1, -0.05) is 17.7 Å². The average Bonchev–Trinajstić information content (AvgIpc) is 2.65. The van der Waals surface area contributed by atoms with Gasteiger partial charge < -0.3 is 15.4 Å². The third kappa shape index (κ3) is 7.92. The third-order valence-electron chi connectivity index (χ3n) is 4.77. The number of nitrogens with zero attached hydrogens (tertiary/aromatic N) is 2. The number of benzene rings is 1. The van der Waals surface area contributed by atoms with E-state index in [1.54, 1.807) is 18.5 Å². The van der Waals surface area contributed by atoms with Gasteiger partial charge >= 0.3 is 0 Å². The van der Waals surface area contributed by atoms with Crippen LogP contribution in [-0.4, -0.2) is 65.3 Å². The number of halogens is 2. The van der Waals surface area contributed by atoms with E-state index in [1.165, 1.54) is 6.26 Å². The number of hydrogen-bond acceptors (Lipinski definition) is 4. The first-order valence-corrected chi connectivity index (χ1v) is 11.3. The zero-order chi connectivity index (χ0) is 19.9. The Bertz CT molecular complexity index is 753. The number of aliphatic imine (C=N–C) groups is 1. The first-order valence-electron chi connectivity index (χ1n) is 9.05. The minimum absolute atomic E-state index is 0. The van der Waals surface area contributed by atoms with Crippen LogP contribution >= 0.6 is 35.6 Å². The topological polar surface area (TPSA) is 83.0 Å². The molecule has 0 amide bonds. The molecule has 0 atom stereocenters. The van der Waals surface area contributed by atoms with E-state index in [2.05, 4.69) is 15.6 Å². The number of nitrogens with one attached hydrogen (secondary N) is 2. The van der Waals surface area contributed by atoms with Gasteiger partial charge in [0.15, 0.2) is 5.96 Å². The molecule has 2 N–H and O–H groups in total. The molecular weight excluding hydrogens is 515 g/mol. The van der Waals surface area contributed by atoms with Crippen molar-refractivity contribution in [2.45, 2.75) is 19.3 Å². The van der Waals surface area contributed by atoms with Crippen molar-refractivity contribution in [3.05, 3.63) is 28.8 Å². The van der Waals surface area contributed by atoms with E-state index >= 15 is 0 Å². The molecule has 0 unspecified atom stereocenters. The SMILES string of the molecule is CN=C(NCCc1ccc(OC)cc1Cl)NCC1CCN(S(C)(=O)=O)CC1.I. The maximum Gasteiger partial charge on any atom is 0.211 e. The quantitative estimate of drug-likeness (QED) is 0.313. The molecule has 0 spiro atoms. The lowest BCUT2D eigenvalue weighted by Gasteiger charge is -2.30. The van der Waals surface area contributed by atoms with Crippen molar-refractivity contribution in [1.82, 2.24) is 14.9 Å². The summed E-state index contributed by atoms with van der Waals surface area (Å²) in [6.07, 6.45) is 3.76. The predicted molar refractivity (Wildman–Crippen MR) is 126 cm³/mol. The van der Waals surface area contributed by atoms with Gasteiger partial charge in [0.05, 0.1) is 13.4 Å². The lowest BCUT2D eigenvalue weighted by molar-refractivity contribution is 0.275. The summed E-state index contributed by atoms with van der Waals surface area (Å²) in [7, 11) is 0.283. The first kappa shape index (κ1) is 25.3. The molecule has 1 aromatic rings. The normalized spacial score (nSPS) is 16.4. The third-order valence-corrected chi connectivity index (χ3v) is 6.43. The van der Waals surface area contributed by atoms with Crippen LogP contribution in [0.5, 0.6) is 5.75 Å². The van der Waals surface area contributed by atoms with Crippen LogP contribution in [0.15, 0.2) is 23.2 Å². The molecule has 1 fully saturated rings. The van der Waals surface area contributed by atoms with Crippen molar-refractivity contribution in [1.29, 1.82) is 0 Å². The maximum atomic E-state index is 11.6. The second-order valence-electron chi connectivity index (χ2n) is 6.69. The lowest BCUT2D eigenvalue weighted by Crippen LogP contribution is -2.44. The van der Waals surface area contributed by atoms with Crippen LogP contribution in [0.2, 0.25) is 5.02 Å². The number of sulfonamides is 1. The molecule has 0 aromatic heterocycles. The highest BCUT2D eigenvalue weighted by molar-refractivity contribution is 14.0. The molecule has 1 aromatic carbocycles. The molecular formula is C18H30ClIN4O3S. The first-order chi connectivity index (χ1) is 12.8. The van der Waals surface area contributed by atoms with Gasteiger partial charge in [-0.2, -0.15) is 0 Å². The number of methoxy groups -OCH3 is 1. The standard InChI is InChI=1S/C18H29ClN4O3S.HI/c1-20-18(21-9-6-15-4-5-16(26-2)12-17(15)19)22-13-14-7-10-23(11-8-14)27(3,24)25;/h4-5,12,14H,6-11,13H2,1-3H3,(H2,20,21,22);1H. The van der Waals surface area contributed by atoms with Crippen LogP contribution in [0.1, 0.15) is 18.4 Å². The molecule has 0 aliphatic carbocycles. The van der Waals surface area contributed by atoms with Gasteiger partial charge in [0.1, 0.15) is 5.75 Å². The van der Waals surface area contributed by atoms with E-state index < -0.39 is 10.0 Å². The van der Waals surface area contributed by atoms with Gasteiger partial charge in [-0.05, 0) is 42.9 Å². The summed E-state index contributed by atoms with van der Waals surface area (Å²) in [5.74, 6) is 1.93. The number of piperidine rings is 1. The monoisotopic (exact) mass is 544 g/mol. The maximum absolute atomic E-state index is 11.6. The van der Waals surface area contributed by atoms with Gasteiger partial charge in [-0.15, -0.1) is 24.0 Å². The summed E-state index contributed by atoms with van der Waals surface area (Å²) >= 11 is 6.26. The van der Waals surface area contributed by atoms with E-state index in [1.807, 2.05) is 18.2 Å². The molecule has 1 saturated heterocycles. The smallest absolute Gasteiger partial charge is 0.211 e. The van der Waals surface area contributed by atoms with Crippen molar-refractivity contribution < 1.29 is 13.2 Å². The van der Waals surface area contributed by atoms with E-state index in [0.717, 1.165) is 43.1 Å². The Hall–Kier alpha value is -0.780. The number of rotatable bonds is 7. The summed E-state index contributed by atoms with van der Waals surface area (Å²) in [5, 5.41) is 7.31. The number of ether oxygens (including phenoxy) is 1. The van der Waals surface area contributed by atoms with E-state index in [-0.39, 0.29) is 24.0 Å². The summed E-state index contributed by atoms with van der Waals surface area (Å²) in [4.78, 5) is 4.24. The van der Waals surface area contributed by atoms with Crippen LogP contribution in [0.4, 0.5) is 0 Å². The highest BCUT2D eigenvalue weighted by Gasteiger charge is 2.24. The van der Waals surface area contributed by atoms with E-state index in [9.17, 15) is 8.42 Å². The molecule has 10 heteroatoms.